The lowest BCUT2D eigenvalue weighted by Gasteiger charge is -2.26. The second kappa shape index (κ2) is 11.9. The summed E-state index contributed by atoms with van der Waals surface area (Å²) in [5.74, 6) is -0.623. The van der Waals surface area contributed by atoms with Crippen molar-refractivity contribution < 1.29 is 28.5 Å². The SMILES string of the molecule is COc1cc(-n2cnc3cc(-c4ccc(Cl)cc4)sc3c2=O)ccc1OCC(C)(C)OC(=O)CC(=O)OC(C)(C)C. The first kappa shape index (κ1) is 30.1. The van der Waals surface area contributed by atoms with Crippen molar-refractivity contribution in [1.29, 1.82) is 0 Å². The molecule has 4 aromatic rings. The number of esters is 2. The van der Waals surface area contributed by atoms with Gasteiger partial charge in [0.25, 0.3) is 5.56 Å². The van der Waals surface area contributed by atoms with Crippen LogP contribution in [0.5, 0.6) is 11.5 Å². The van der Waals surface area contributed by atoms with Crippen LogP contribution in [0.1, 0.15) is 41.0 Å². The van der Waals surface area contributed by atoms with Gasteiger partial charge in [-0.2, -0.15) is 0 Å². The number of thiophene rings is 1. The summed E-state index contributed by atoms with van der Waals surface area (Å²) < 4.78 is 24.0. The van der Waals surface area contributed by atoms with Crippen molar-refractivity contribution in [3.05, 3.63) is 70.2 Å². The van der Waals surface area contributed by atoms with E-state index in [0.717, 1.165) is 10.4 Å². The monoisotopic (exact) mass is 598 g/mol. The van der Waals surface area contributed by atoms with Crippen LogP contribution in [0.15, 0.2) is 59.7 Å². The maximum absolute atomic E-state index is 13.4. The van der Waals surface area contributed by atoms with Crippen molar-refractivity contribution >= 4 is 45.1 Å². The summed E-state index contributed by atoms with van der Waals surface area (Å²) in [5.41, 5.74) is 0.138. The molecule has 216 valence electrons. The van der Waals surface area contributed by atoms with Crippen LogP contribution in [0.4, 0.5) is 0 Å². The Kier molecular flexibility index (Phi) is 8.74. The van der Waals surface area contributed by atoms with E-state index in [1.807, 2.05) is 18.2 Å². The minimum atomic E-state index is -1.05. The number of aromatic nitrogens is 2. The van der Waals surface area contributed by atoms with E-state index >= 15 is 0 Å². The predicted octanol–water partition coefficient (Wildman–Crippen LogP) is 6.21. The Bertz CT molecular complexity index is 1640. The van der Waals surface area contributed by atoms with E-state index in [2.05, 4.69) is 4.98 Å². The number of hydrogen-bond acceptors (Lipinski definition) is 9. The number of fused-ring (bicyclic) bond motifs is 1. The van der Waals surface area contributed by atoms with E-state index in [4.69, 9.17) is 30.5 Å². The van der Waals surface area contributed by atoms with Gasteiger partial charge in [-0.3, -0.25) is 19.0 Å². The largest absolute Gasteiger partial charge is 0.493 e. The van der Waals surface area contributed by atoms with Gasteiger partial charge < -0.3 is 18.9 Å². The van der Waals surface area contributed by atoms with Crippen molar-refractivity contribution in [3.63, 3.8) is 0 Å². The van der Waals surface area contributed by atoms with Gasteiger partial charge in [0.15, 0.2) is 11.5 Å². The van der Waals surface area contributed by atoms with Gasteiger partial charge in [0.2, 0.25) is 0 Å². The summed E-state index contributed by atoms with van der Waals surface area (Å²) in [7, 11) is 1.49. The topological polar surface area (TPSA) is 106 Å². The first-order chi connectivity index (χ1) is 19.2. The summed E-state index contributed by atoms with van der Waals surface area (Å²) >= 11 is 7.37. The minimum Gasteiger partial charge on any atom is -0.493 e. The molecule has 0 aliphatic rings. The van der Waals surface area contributed by atoms with E-state index in [1.54, 1.807) is 65.0 Å². The number of carbonyl (C=O) groups is 2. The Morgan fingerprint density at radius 2 is 1.63 bits per heavy atom. The highest BCUT2D eigenvalue weighted by atomic mass is 35.5. The van der Waals surface area contributed by atoms with Crippen LogP contribution in [-0.4, -0.2) is 46.4 Å². The Labute approximate surface area is 246 Å². The Balaban J connectivity index is 1.48. The van der Waals surface area contributed by atoms with E-state index in [1.165, 1.54) is 29.3 Å². The van der Waals surface area contributed by atoms with Crippen LogP contribution in [0.2, 0.25) is 5.02 Å². The van der Waals surface area contributed by atoms with Gasteiger partial charge in [0.05, 0.1) is 18.3 Å². The lowest BCUT2D eigenvalue weighted by Crippen LogP contribution is -2.36. The molecule has 4 rings (SSSR count). The molecule has 9 nitrogen and oxygen atoms in total. The molecule has 0 spiro atoms. The maximum atomic E-state index is 13.4. The average molecular weight is 599 g/mol. The van der Waals surface area contributed by atoms with Crippen molar-refractivity contribution in [2.24, 2.45) is 0 Å². The highest BCUT2D eigenvalue weighted by Crippen LogP contribution is 2.33. The molecule has 0 unspecified atom stereocenters. The number of carbonyl (C=O) groups excluding carboxylic acids is 2. The zero-order valence-corrected chi connectivity index (χ0v) is 25.2. The van der Waals surface area contributed by atoms with Crippen LogP contribution in [0.3, 0.4) is 0 Å². The number of hydrogen-bond donors (Lipinski definition) is 0. The van der Waals surface area contributed by atoms with Crippen LogP contribution in [0, 0.1) is 0 Å². The molecule has 0 fully saturated rings. The molecule has 0 aliphatic carbocycles. The van der Waals surface area contributed by atoms with E-state index in [9.17, 15) is 14.4 Å². The Hall–Kier alpha value is -3.89. The molecule has 2 aromatic heterocycles. The zero-order valence-electron chi connectivity index (χ0n) is 23.6. The first-order valence-corrected chi connectivity index (χ1v) is 14.0. The first-order valence-electron chi connectivity index (χ1n) is 12.8. The highest BCUT2D eigenvalue weighted by Gasteiger charge is 2.28. The van der Waals surface area contributed by atoms with Gasteiger partial charge in [-0.25, -0.2) is 4.98 Å². The Morgan fingerprint density at radius 1 is 0.951 bits per heavy atom. The summed E-state index contributed by atoms with van der Waals surface area (Å²) in [6.07, 6.45) is 0.975. The second-order valence-corrected chi connectivity index (χ2v) is 12.4. The Morgan fingerprint density at radius 3 is 2.29 bits per heavy atom. The molecule has 0 N–H and O–H groups in total. The van der Waals surface area contributed by atoms with Crippen LogP contribution in [0.25, 0.3) is 26.3 Å². The quantitative estimate of drug-likeness (QED) is 0.165. The van der Waals surface area contributed by atoms with Gasteiger partial charge in [-0.15, -0.1) is 11.3 Å². The third kappa shape index (κ3) is 7.65. The average Bonchev–Trinajstić information content (AvgIpc) is 3.32. The molecular formula is C30H31ClN2O7S. The summed E-state index contributed by atoms with van der Waals surface area (Å²) in [6.45, 7) is 8.48. The number of methoxy groups -OCH3 is 1. The summed E-state index contributed by atoms with van der Waals surface area (Å²) in [5, 5.41) is 0.638. The lowest BCUT2D eigenvalue weighted by molar-refractivity contribution is -0.168. The van der Waals surface area contributed by atoms with Crippen LogP contribution < -0.4 is 15.0 Å². The molecule has 0 amide bonds. The van der Waals surface area contributed by atoms with Gasteiger partial charge in [0.1, 0.15) is 35.3 Å². The third-order valence-electron chi connectivity index (χ3n) is 5.67. The van der Waals surface area contributed by atoms with Crippen molar-refractivity contribution in [3.8, 4) is 27.6 Å². The van der Waals surface area contributed by atoms with Gasteiger partial charge in [0, 0.05) is 16.0 Å². The summed E-state index contributed by atoms with van der Waals surface area (Å²) in [4.78, 5) is 43.0. The fourth-order valence-corrected chi connectivity index (χ4v) is 5.07. The van der Waals surface area contributed by atoms with Crippen molar-refractivity contribution in [2.45, 2.75) is 52.2 Å². The lowest BCUT2D eigenvalue weighted by atomic mass is 10.1. The molecule has 0 atom stereocenters. The van der Waals surface area contributed by atoms with Crippen LogP contribution >= 0.6 is 22.9 Å². The zero-order chi connectivity index (χ0) is 29.9. The van der Waals surface area contributed by atoms with Crippen molar-refractivity contribution in [2.75, 3.05) is 13.7 Å². The number of ether oxygens (including phenoxy) is 4. The maximum Gasteiger partial charge on any atom is 0.317 e. The molecule has 0 saturated carbocycles. The smallest absolute Gasteiger partial charge is 0.317 e. The molecule has 0 radical (unpaired) electrons. The molecule has 0 bridgehead atoms. The van der Waals surface area contributed by atoms with Crippen molar-refractivity contribution in [1.82, 2.24) is 9.55 Å². The molecule has 41 heavy (non-hydrogen) atoms. The highest BCUT2D eigenvalue weighted by molar-refractivity contribution is 7.22. The van der Waals surface area contributed by atoms with Gasteiger partial charge in [-0.05, 0) is 70.5 Å². The molecule has 11 heteroatoms. The van der Waals surface area contributed by atoms with Gasteiger partial charge >= 0.3 is 11.9 Å². The van der Waals surface area contributed by atoms with Crippen LogP contribution in [-0.2, 0) is 19.1 Å². The number of rotatable bonds is 9. The molecule has 0 aliphatic heterocycles. The molecule has 2 aromatic carbocycles. The summed E-state index contributed by atoms with van der Waals surface area (Å²) in [6, 6.07) is 14.3. The standard InChI is InChI=1S/C30H31ClN2O7S/c1-29(2,3)39-25(34)15-26(35)40-30(4,5)16-38-22-12-11-20(13-23(22)37-6)33-17-32-21-14-24(41-27(21)28(33)36)18-7-9-19(31)10-8-18/h7-14,17H,15-16H2,1-6H3. The molecular weight excluding hydrogens is 568 g/mol. The second-order valence-electron chi connectivity index (χ2n) is 10.9. The van der Waals surface area contributed by atoms with E-state index in [0.29, 0.717) is 32.4 Å². The molecule has 0 saturated heterocycles. The minimum absolute atomic E-state index is 0.0150. The fourth-order valence-electron chi connectivity index (χ4n) is 3.90. The predicted molar refractivity (Wildman–Crippen MR) is 158 cm³/mol. The number of halogens is 1. The fraction of sp³-hybridized carbons (Fsp3) is 0.333. The van der Waals surface area contributed by atoms with E-state index in [-0.39, 0.29) is 12.2 Å². The third-order valence-corrected chi connectivity index (χ3v) is 7.08. The van der Waals surface area contributed by atoms with Gasteiger partial charge in [-0.1, -0.05) is 23.7 Å². The normalized spacial score (nSPS) is 11.8. The molecule has 2 heterocycles. The number of nitrogens with zero attached hydrogens (tertiary/aromatic N) is 2. The van der Waals surface area contributed by atoms with E-state index < -0.39 is 29.6 Å². The number of benzene rings is 2.